The van der Waals surface area contributed by atoms with Crippen LogP contribution in [0.3, 0.4) is 0 Å². The van der Waals surface area contributed by atoms with E-state index in [0.29, 0.717) is 13.1 Å². The molecule has 0 rings (SSSR count). The van der Waals surface area contributed by atoms with Crippen LogP contribution in [-0.2, 0) is 4.79 Å². The van der Waals surface area contributed by atoms with Crippen LogP contribution in [0.25, 0.3) is 0 Å². The monoisotopic (exact) mass is 233 g/mol. The highest BCUT2D eigenvalue weighted by Crippen LogP contribution is 2.16. The predicted molar refractivity (Wildman–Crippen MR) is 62.8 cm³/mol. The fourth-order valence-corrected chi connectivity index (χ4v) is 1.87. The van der Waals surface area contributed by atoms with Gasteiger partial charge in [0.05, 0.1) is 5.25 Å². The van der Waals surface area contributed by atoms with E-state index in [1.54, 1.807) is 13.8 Å². The van der Waals surface area contributed by atoms with Crippen molar-refractivity contribution in [3.05, 3.63) is 0 Å². The second kappa shape index (κ2) is 7.53. The lowest BCUT2D eigenvalue weighted by Crippen LogP contribution is -2.43. The summed E-state index contributed by atoms with van der Waals surface area (Å²) < 4.78 is 0. The largest absolute Gasteiger partial charge is 0.338 e. The molecule has 0 fully saturated rings. The molecule has 0 spiro atoms. The third-order valence-corrected chi connectivity index (χ3v) is 2.99. The maximum Gasteiger partial charge on any atom is 0.321 e. The second-order valence-corrected chi connectivity index (χ2v) is 4.96. The molecule has 0 heterocycles. The Morgan fingerprint density at radius 2 is 2.00 bits per heavy atom. The molecule has 2 unspecified atom stereocenters. The standard InChI is InChI=1S/C9H19N3O2S/c1-4-11-9(14)12-8(13)7(3)15-6(2)5-10/h6-7H,4-5,10H2,1-3H3,(H2,11,12,13,14). The highest BCUT2D eigenvalue weighted by molar-refractivity contribution is 8.01. The fourth-order valence-electron chi connectivity index (χ4n) is 0.884. The summed E-state index contributed by atoms with van der Waals surface area (Å²) >= 11 is 1.45. The number of amides is 3. The Hall–Kier alpha value is -0.750. The van der Waals surface area contributed by atoms with Crippen molar-refractivity contribution in [2.75, 3.05) is 13.1 Å². The van der Waals surface area contributed by atoms with Gasteiger partial charge in [0.2, 0.25) is 5.91 Å². The first-order chi connectivity index (χ1) is 7.01. The van der Waals surface area contributed by atoms with E-state index in [2.05, 4.69) is 10.6 Å². The average molecular weight is 233 g/mol. The van der Waals surface area contributed by atoms with E-state index in [9.17, 15) is 9.59 Å². The van der Waals surface area contributed by atoms with Gasteiger partial charge in [0.1, 0.15) is 0 Å². The van der Waals surface area contributed by atoms with Gasteiger partial charge >= 0.3 is 6.03 Å². The predicted octanol–water partition coefficient (Wildman–Crippen LogP) is 0.301. The van der Waals surface area contributed by atoms with E-state index in [1.165, 1.54) is 11.8 Å². The van der Waals surface area contributed by atoms with Gasteiger partial charge in [-0.2, -0.15) is 0 Å². The maximum atomic E-state index is 11.4. The Bertz CT molecular complexity index is 223. The lowest BCUT2D eigenvalue weighted by molar-refractivity contribution is -0.119. The SMILES string of the molecule is CCNC(=O)NC(=O)C(C)SC(C)CN. The molecular weight excluding hydrogens is 214 g/mol. The summed E-state index contributed by atoms with van der Waals surface area (Å²) in [5.41, 5.74) is 5.44. The Morgan fingerprint density at radius 3 is 2.47 bits per heavy atom. The van der Waals surface area contributed by atoms with Gasteiger partial charge in [0.15, 0.2) is 0 Å². The number of thioether (sulfide) groups is 1. The number of nitrogens with two attached hydrogens (primary N) is 1. The van der Waals surface area contributed by atoms with Crippen LogP contribution in [0.5, 0.6) is 0 Å². The first kappa shape index (κ1) is 14.2. The number of carbonyl (C=O) groups is 2. The van der Waals surface area contributed by atoms with Crippen molar-refractivity contribution < 1.29 is 9.59 Å². The third kappa shape index (κ3) is 6.35. The van der Waals surface area contributed by atoms with Gasteiger partial charge in [-0.05, 0) is 13.8 Å². The first-order valence-corrected chi connectivity index (χ1v) is 5.89. The Balaban J connectivity index is 3.93. The molecule has 2 atom stereocenters. The molecule has 0 aliphatic carbocycles. The van der Waals surface area contributed by atoms with Gasteiger partial charge in [-0.3, -0.25) is 10.1 Å². The van der Waals surface area contributed by atoms with Gasteiger partial charge in [0.25, 0.3) is 0 Å². The molecule has 15 heavy (non-hydrogen) atoms. The summed E-state index contributed by atoms with van der Waals surface area (Å²) in [5.74, 6) is -0.286. The number of hydrogen-bond donors (Lipinski definition) is 3. The van der Waals surface area contributed by atoms with Gasteiger partial charge in [0, 0.05) is 18.3 Å². The maximum absolute atomic E-state index is 11.4. The number of urea groups is 1. The molecule has 0 saturated carbocycles. The topological polar surface area (TPSA) is 84.2 Å². The Labute approximate surface area is 94.5 Å². The summed E-state index contributed by atoms with van der Waals surface area (Å²) in [6.45, 7) is 6.51. The highest BCUT2D eigenvalue weighted by atomic mass is 32.2. The van der Waals surface area contributed by atoms with Gasteiger partial charge in [-0.1, -0.05) is 6.92 Å². The molecule has 6 heteroatoms. The number of imide groups is 1. The summed E-state index contributed by atoms with van der Waals surface area (Å²) in [5, 5.41) is 4.69. The van der Waals surface area contributed by atoms with Crippen LogP contribution < -0.4 is 16.4 Å². The second-order valence-electron chi connectivity index (χ2n) is 3.17. The normalized spacial score (nSPS) is 14.1. The van der Waals surface area contributed by atoms with Crippen molar-refractivity contribution >= 4 is 23.7 Å². The van der Waals surface area contributed by atoms with Crippen LogP contribution in [-0.4, -0.2) is 35.5 Å². The van der Waals surface area contributed by atoms with Crippen molar-refractivity contribution in [1.82, 2.24) is 10.6 Å². The zero-order chi connectivity index (χ0) is 11.8. The van der Waals surface area contributed by atoms with Gasteiger partial charge in [-0.15, -0.1) is 11.8 Å². The van der Waals surface area contributed by atoms with Crippen LogP contribution in [0.15, 0.2) is 0 Å². The highest BCUT2D eigenvalue weighted by Gasteiger charge is 2.17. The number of hydrogen-bond acceptors (Lipinski definition) is 4. The van der Waals surface area contributed by atoms with E-state index in [-0.39, 0.29) is 16.4 Å². The Morgan fingerprint density at radius 1 is 1.40 bits per heavy atom. The quantitative estimate of drug-likeness (QED) is 0.637. The van der Waals surface area contributed by atoms with Crippen LogP contribution in [0, 0.1) is 0 Å². The van der Waals surface area contributed by atoms with Crippen LogP contribution in [0.4, 0.5) is 4.79 Å². The summed E-state index contributed by atoms with van der Waals surface area (Å²) in [6.07, 6.45) is 0. The third-order valence-electron chi connectivity index (χ3n) is 1.71. The van der Waals surface area contributed by atoms with E-state index >= 15 is 0 Å². The Kier molecular flexibility index (Phi) is 7.15. The molecule has 3 amide bonds. The van der Waals surface area contributed by atoms with Crippen molar-refractivity contribution in [2.24, 2.45) is 5.73 Å². The van der Waals surface area contributed by atoms with Crippen LogP contribution in [0.2, 0.25) is 0 Å². The van der Waals surface area contributed by atoms with Crippen molar-refractivity contribution in [2.45, 2.75) is 31.3 Å². The summed E-state index contributed by atoms with van der Waals surface area (Å²) in [7, 11) is 0. The molecule has 0 radical (unpaired) electrons. The lowest BCUT2D eigenvalue weighted by Gasteiger charge is -2.14. The lowest BCUT2D eigenvalue weighted by atomic mass is 10.4. The molecule has 5 nitrogen and oxygen atoms in total. The van der Waals surface area contributed by atoms with Crippen molar-refractivity contribution in [3.63, 3.8) is 0 Å². The van der Waals surface area contributed by atoms with Crippen LogP contribution >= 0.6 is 11.8 Å². The van der Waals surface area contributed by atoms with Crippen LogP contribution in [0.1, 0.15) is 20.8 Å². The summed E-state index contributed by atoms with van der Waals surface area (Å²) in [4.78, 5) is 22.5. The first-order valence-electron chi connectivity index (χ1n) is 4.95. The number of carbonyl (C=O) groups excluding carboxylic acids is 2. The number of rotatable bonds is 5. The zero-order valence-corrected chi connectivity index (χ0v) is 10.2. The van der Waals surface area contributed by atoms with Crippen molar-refractivity contribution in [1.29, 1.82) is 0 Å². The van der Waals surface area contributed by atoms with E-state index < -0.39 is 6.03 Å². The molecule has 88 valence electrons. The molecule has 0 saturated heterocycles. The minimum atomic E-state index is -0.449. The molecule has 0 aromatic carbocycles. The van der Waals surface area contributed by atoms with Gasteiger partial charge in [-0.25, -0.2) is 4.79 Å². The van der Waals surface area contributed by atoms with E-state index in [1.807, 2.05) is 6.92 Å². The molecular formula is C9H19N3O2S. The zero-order valence-electron chi connectivity index (χ0n) is 9.37. The molecule has 0 aliphatic rings. The van der Waals surface area contributed by atoms with E-state index in [4.69, 9.17) is 5.73 Å². The minimum Gasteiger partial charge on any atom is -0.338 e. The summed E-state index contributed by atoms with van der Waals surface area (Å²) in [6, 6.07) is -0.449. The molecule has 0 aliphatic heterocycles. The fraction of sp³-hybridized carbons (Fsp3) is 0.778. The smallest absolute Gasteiger partial charge is 0.321 e. The molecule has 0 aromatic heterocycles. The molecule has 0 bridgehead atoms. The number of nitrogens with one attached hydrogen (secondary N) is 2. The van der Waals surface area contributed by atoms with Gasteiger partial charge < -0.3 is 11.1 Å². The average Bonchev–Trinajstić information content (AvgIpc) is 2.17. The molecule has 4 N–H and O–H groups in total. The van der Waals surface area contributed by atoms with Crippen molar-refractivity contribution in [3.8, 4) is 0 Å². The molecule has 0 aromatic rings. The minimum absolute atomic E-state index is 0.208. The van der Waals surface area contributed by atoms with E-state index in [0.717, 1.165) is 0 Å².